The van der Waals surface area contributed by atoms with Crippen molar-refractivity contribution in [1.82, 2.24) is 0 Å². The summed E-state index contributed by atoms with van der Waals surface area (Å²) in [5.41, 5.74) is 1.08. The van der Waals surface area contributed by atoms with E-state index in [-0.39, 0.29) is 17.3 Å². The summed E-state index contributed by atoms with van der Waals surface area (Å²) in [6, 6.07) is 22.8. The topological polar surface area (TPSA) is 80.7 Å². The summed E-state index contributed by atoms with van der Waals surface area (Å²) in [6.07, 6.45) is 4.15. The highest BCUT2D eigenvalue weighted by Gasteiger charge is 2.24. The SMILES string of the molecule is CC(C)(O)C(=O)c1ccc(OCCCC(=O)c2ccc(/C=C/C(=O)c3ccccc3)cc2)cc1. The first-order chi connectivity index (χ1) is 16.2. The van der Waals surface area contributed by atoms with Crippen LogP contribution in [0.5, 0.6) is 5.75 Å². The van der Waals surface area contributed by atoms with Crippen molar-refractivity contribution in [2.75, 3.05) is 6.61 Å². The maximum Gasteiger partial charge on any atom is 0.193 e. The Morgan fingerprint density at radius 1 is 0.824 bits per heavy atom. The smallest absolute Gasteiger partial charge is 0.193 e. The standard InChI is InChI=1S/C29H28O5/c1-29(2,33)28(32)24-15-17-25(18-16-24)34-20-6-9-26(30)23-13-10-21(11-14-23)12-19-27(31)22-7-4-3-5-8-22/h3-5,7-8,10-19,33H,6,9,20H2,1-2H3/b19-12+. The first kappa shape index (κ1) is 24.8. The van der Waals surface area contributed by atoms with Gasteiger partial charge in [-0.2, -0.15) is 0 Å². The molecule has 34 heavy (non-hydrogen) atoms. The lowest BCUT2D eigenvalue weighted by Crippen LogP contribution is -2.30. The van der Waals surface area contributed by atoms with Gasteiger partial charge in [0.15, 0.2) is 17.3 Å². The molecule has 1 N–H and O–H groups in total. The summed E-state index contributed by atoms with van der Waals surface area (Å²) < 4.78 is 5.66. The summed E-state index contributed by atoms with van der Waals surface area (Å²) in [5.74, 6) is 0.194. The lowest BCUT2D eigenvalue weighted by Gasteiger charge is -2.15. The average Bonchev–Trinajstić information content (AvgIpc) is 2.85. The number of hydrogen-bond donors (Lipinski definition) is 1. The van der Waals surface area contributed by atoms with E-state index in [2.05, 4.69) is 0 Å². The summed E-state index contributed by atoms with van der Waals surface area (Å²) in [7, 11) is 0. The highest BCUT2D eigenvalue weighted by Crippen LogP contribution is 2.18. The van der Waals surface area contributed by atoms with Gasteiger partial charge in [-0.3, -0.25) is 14.4 Å². The van der Waals surface area contributed by atoms with Crippen LogP contribution in [0.25, 0.3) is 6.08 Å². The molecule has 0 aliphatic heterocycles. The van der Waals surface area contributed by atoms with Crippen LogP contribution in [0, 0.1) is 0 Å². The minimum Gasteiger partial charge on any atom is -0.494 e. The molecule has 0 aliphatic rings. The van der Waals surface area contributed by atoms with Gasteiger partial charge >= 0.3 is 0 Å². The quantitative estimate of drug-likeness (QED) is 0.231. The highest BCUT2D eigenvalue weighted by atomic mass is 16.5. The maximum absolute atomic E-state index is 12.4. The fourth-order valence-corrected chi connectivity index (χ4v) is 3.27. The van der Waals surface area contributed by atoms with E-state index >= 15 is 0 Å². The third-order valence-corrected chi connectivity index (χ3v) is 5.21. The molecule has 0 saturated heterocycles. The van der Waals surface area contributed by atoms with Crippen LogP contribution in [0.4, 0.5) is 0 Å². The Labute approximate surface area is 199 Å². The van der Waals surface area contributed by atoms with E-state index in [9.17, 15) is 19.5 Å². The molecule has 0 amide bonds. The Morgan fingerprint density at radius 2 is 1.44 bits per heavy atom. The zero-order chi connectivity index (χ0) is 24.6. The monoisotopic (exact) mass is 456 g/mol. The molecule has 3 aromatic carbocycles. The van der Waals surface area contributed by atoms with E-state index in [0.717, 1.165) is 5.56 Å². The van der Waals surface area contributed by atoms with Gasteiger partial charge in [-0.1, -0.05) is 60.7 Å². The van der Waals surface area contributed by atoms with Gasteiger partial charge in [0.2, 0.25) is 0 Å². The fourth-order valence-electron chi connectivity index (χ4n) is 3.27. The third-order valence-electron chi connectivity index (χ3n) is 5.21. The number of allylic oxidation sites excluding steroid dienone is 1. The molecular weight excluding hydrogens is 428 g/mol. The Morgan fingerprint density at radius 3 is 2.06 bits per heavy atom. The molecular formula is C29H28O5. The van der Waals surface area contributed by atoms with E-state index in [4.69, 9.17) is 4.74 Å². The molecule has 0 unspecified atom stereocenters. The van der Waals surface area contributed by atoms with Crippen LogP contribution < -0.4 is 4.74 Å². The molecule has 0 heterocycles. The maximum atomic E-state index is 12.4. The Bertz CT molecular complexity index is 1150. The molecule has 5 nitrogen and oxygen atoms in total. The minimum atomic E-state index is -1.42. The number of carbonyl (C=O) groups is 3. The van der Waals surface area contributed by atoms with Crippen molar-refractivity contribution in [3.63, 3.8) is 0 Å². The predicted octanol–water partition coefficient (Wildman–Crippen LogP) is 5.58. The molecule has 5 heteroatoms. The van der Waals surface area contributed by atoms with Gasteiger partial charge < -0.3 is 9.84 Å². The molecule has 3 aromatic rings. The van der Waals surface area contributed by atoms with Crippen LogP contribution in [0.3, 0.4) is 0 Å². The summed E-state index contributed by atoms with van der Waals surface area (Å²) in [5, 5.41) is 9.81. The van der Waals surface area contributed by atoms with E-state index < -0.39 is 5.60 Å². The highest BCUT2D eigenvalue weighted by molar-refractivity contribution is 6.06. The van der Waals surface area contributed by atoms with Crippen LogP contribution in [0.15, 0.2) is 84.9 Å². The zero-order valence-electron chi connectivity index (χ0n) is 19.4. The molecule has 0 atom stereocenters. The van der Waals surface area contributed by atoms with Gasteiger partial charge in [-0.05, 0) is 56.2 Å². The normalized spacial score (nSPS) is 11.4. The third kappa shape index (κ3) is 7.09. The number of ether oxygens (including phenoxy) is 1. The molecule has 0 bridgehead atoms. The van der Waals surface area contributed by atoms with Crippen LogP contribution in [-0.4, -0.2) is 34.7 Å². The number of benzene rings is 3. The summed E-state index contributed by atoms with van der Waals surface area (Å²) >= 11 is 0. The van der Waals surface area contributed by atoms with Crippen LogP contribution in [0.2, 0.25) is 0 Å². The van der Waals surface area contributed by atoms with Gasteiger partial charge in [-0.25, -0.2) is 0 Å². The lowest BCUT2D eigenvalue weighted by atomic mass is 9.97. The van der Waals surface area contributed by atoms with Gasteiger partial charge in [-0.15, -0.1) is 0 Å². The second-order valence-electron chi connectivity index (χ2n) is 8.47. The largest absolute Gasteiger partial charge is 0.494 e. The molecule has 0 aliphatic carbocycles. The molecule has 0 spiro atoms. The Balaban J connectivity index is 1.44. The molecule has 0 fully saturated rings. The second kappa shape index (κ2) is 11.3. The first-order valence-corrected chi connectivity index (χ1v) is 11.1. The number of hydrogen-bond acceptors (Lipinski definition) is 5. The number of carbonyl (C=O) groups excluding carboxylic acids is 3. The fraction of sp³-hybridized carbons (Fsp3) is 0.207. The average molecular weight is 457 g/mol. The van der Waals surface area contributed by atoms with Crippen molar-refractivity contribution >= 4 is 23.4 Å². The van der Waals surface area contributed by atoms with Crippen molar-refractivity contribution in [3.05, 3.63) is 107 Å². The van der Waals surface area contributed by atoms with E-state index in [1.807, 2.05) is 30.3 Å². The van der Waals surface area contributed by atoms with Crippen LogP contribution in [-0.2, 0) is 0 Å². The van der Waals surface area contributed by atoms with Gasteiger partial charge in [0, 0.05) is 23.1 Å². The van der Waals surface area contributed by atoms with E-state index in [1.165, 1.54) is 19.9 Å². The Kier molecular flexibility index (Phi) is 8.28. The minimum absolute atomic E-state index is 0.0191. The van der Waals surface area contributed by atoms with Crippen molar-refractivity contribution in [2.45, 2.75) is 32.3 Å². The molecule has 0 radical (unpaired) electrons. The zero-order valence-corrected chi connectivity index (χ0v) is 19.4. The number of Topliss-reactive ketones (excluding diaryl/α,β-unsaturated/α-hetero) is 2. The number of aliphatic hydroxyl groups is 1. The number of ketones is 3. The predicted molar refractivity (Wildman–Crippen MR) is 132 cm³/mol. The van der Waals surface area contributed by atoms with E-state index in [0.29, 0.717) is 41.9 Å². The van der Waals surface area contributed by atoms with E-state index in [1.54, 1.807) is 54.6 Å². The lowest BCUT2D eigenvalue weighted by molar-refractivity contribution is 0.0488. The van der Waals surface area contributed by atoms with Crippen LogP contribution >= 0.6 is 0 Å². The summed E-state index contributed by atoms with van der Waals surface area (Å²) in [6.45, 7) is 3.27. The van der Waals surface area contributed by atoms with Crippen molar-refractivity contribution in [2.24, 2.45) is 0 Å². The van der Waals surface area contributed by atoms with Crippen LogP contribution in [0.1, 0.15) is 63.3 Å². The van der Waals surface area contributed by atoms with Gasteiger partial charge in [0.1, 0.15) is 11.4 Å². The van der Waals surface area contributed by atoms with Gasteiger partial charge in [0.05, 0.1) is 6.61 Å². The van der Waals surface area contributed by atoms with Crippen molar-refractivity contribution in [1.29, 1.82) is 0 Å². The second-order valence-corrected chi connectivity index (χ2v) is 8.47. The van der Waals surface area contributed by atoms with Crippen molar-refractivity contribution in [3.8, 4) is 5.75 Å². The molecule has 0 saturated carbocycles. The molecule has 3 rings (SSSR count). The Hall–Kier alpha value is -3.83. The number of rotatable bonds is 11. The molecule has 174 valence electrons. The first-order valence-electron chi connectivity index (χ1n) is 11.1. The molecule has 0 aromatic heterocycles. The summed E-state index contributed by atoms with van der Waals surface area (Å²) in [4.78, 5) is 36.6. The van der Waals surface area contributed by atoms with Crippen molar-refractivity contribution < 1.29 is 24.2 Å². The van der Waals surface area contributed by atoms with Gasteiger partial charge in [0.25, 0.3) is 0 Å².